The van der Waals surface area contributed by atoms with E-state index in [0.29, 0.717) is 5.75 Å². The molecule has 1 heterocycles. The van der Waals surface area contributed by atoms with E-state index in [0.717, 1.165) is 0 Å². The summed E-state index contributed by atoms with van der Waals surface area (Å²) in [6, 6.07) is 6.67. The molecule has 0 bridgehead atoms. The summed E-state index contributed by atoms with van der Waals surface area (Å²) < 4.78 is 36.5. The summed E-state index contributed by atoms with van der Waals surface area (Å²) in [7, 11) is -2.39. The van der Waals surface area contributed by atoms with E-state index in [1.54, 1.807) is 0 Å². The molecule has 0 unspecified atom stereocenters. The average Bonchev–Trinajstić information content (AvgIpc) is 2.94. The summed E-state index contributed by atoms with van der Waals surface area (Å²) in [5.74, 6) is -0.948. The topological polar surface area (TPSA) is 106 Å². The van der Waals surface area contributed by atoms with Gasteiger partial charge in [-0.05, 0) is 30.3 Å². The van der Waals surface area contributed by atoms with Crippen LogP contribution in [-0.2, 0) is 16.6 Å². The van der Waals surface area contributed by atoms with Crippen molar-refractivity contribution in [2.24, 2.45) is 0 Å². The molecule has 0 fully saturated rings. The lowest BCUT2D eigenvalue weighted by atomic mass is 10.3. The number of methoxy groups -OCH3 is 1. The lowest BCUT2D eigenvalue weighted by Crippen LogP contribution is -2.23. The number of aromatic carboxylic acids is 1. The predicted molar refractivity (Wildman–Crippen MR) is 77.7 cm³/mol. The van der Waals surface area contributed by atoms with Gasteiger partial charge in [-0.2, -0.15) is 0 Å². The molecule has 0 saturated carbocycles. The highest BCUT2D eigenvalue weighted by Crippen LogP contribution is 2.26. The molecule has 0 aliphatic rings. The number of ether oxygens (including phenoxy) is 1. The summed E-state index contributed by atoms with van der Waals surface area (Å²) in [6.07, 6.45) is 0. The van der Waals surface area contributed by atoms with Crippen molar-refractivity contribution < 1.29 is 27.5 Å². The Labute approximate surface area is 131 Å². The molecule has 2 rings (SSSR count). The largest absolute Gasteiger partial charge is 0.495 e. The lowest BCUT2D eigenvalue weighted by molar-refractivity contribution is 0.0660. The molecule has 2 N–H and O–H groups in total. The molecule has 0 amide bonds. The number of hydrogen-bond acceptors (Lipinski definition) is 5. The summed E-state index contributed by atoms with van der Waals surface area (Å²) in [5, 5.41) is 8.89. The van der Waals surface area contributed by atoms with Gasteiger partial charge in [0, 0.05) is 0 Å². The van der Waals surface area contributed by atoms with Gasteiger partial charge in [-0.25, -0.2) is 17.9 Å². The first-order valence-corrected chi connectivity index (χ1v) is 7.85. The molecule has 118 valence electrons. The minimum absolute atomic E-state index is 0.0386. The van der Waals surface area contributed by atoms with Gasteiger partial charge in [0.1, 0.15) is 11.5 Å². The maximum absolute atomic E-state index is 12.1. The Balaban J connectivity index is 2.13. The number of carboxylic acid groups (broad SMARTS) is 1. The van der Waals surface area contributed by atoms with Crippen LogP contribution in [0.25, 0.3) is 0 Å². The summed E-state index contributed by atoms with van der Waals surface area (Å²) in [5.41, 5.74) is 0. The van der Waals surface area contributed by atoms with Crippen molar-refractivity contribution in [2.75, 3.05) is 7.11 Å². The van der Waals surface area contributed by atoms with Crippen LogP contribution >= 0.6 is 11.6 Å². The average molecular weight is 346 g/mol. The minimum Gasteiger partial charge on any atom is -0.495 e. The Hall–Kier alpha value is -2.03. The van der Waals surface area contributed by atoms with Crippen molar-refractivity contribution in [3.8, 4) is 5.75 Å². The first-order valence-electron chi connectivity index (χ1n) is 5.98. The predicted octanol–water partition coefficient (Wildman–Crippen LogP) is 2.12. The minimum atomic E-state index is -3.81. The first-order chi connectivity index (χ1) is 10.3. The third-order valence-electron chi connectivity index (χ3n) is 2.74. The van der Waals surface area contributed by atoms with Crippen molar-refractivity contribution >= 4 is 27.6 Å². The van der Waals surface area contributed by atoms with Gasteiger partial charge in [-0.3, -0.25) is 0 Å². The van der Waals surface area contributed by atoms with Crippen molar-refractivity contribution in [2.45, 2.75) is 11.4 Å². The number of furan rings is 1. The van der Waals surface area contributed by atoms with Gasteiger partial charge in [0.25, 0.3) is 0 Å². The fourth-order valence-corrected chi connectivity index (χ4v) is 2.99. The highest BCUT2D eigenvalue weighted by atomic mass is 35.5. The van der Waals surface area contributed by atoms with E-state index < -0.39 is 16.0 Å². The normalized spacial score (nSPS) is 11.4. The second kappa shape index (κ2) is 6.39. The Morgan fingerprint density at radius 1 is 1.36 bits per heavy atom. The van der Waals surface area contributed by atoms with Crippen LogP contribution in [0.15, 0.2) is 39.6 Å². The number of rotatable bonds is 6. The van der Waals surface area contributed by atoms with Crippen LogP contribution < -0.4 is 9.46 Å². The third-order valence-corrected chi connectivity index (χ3v) is 4.44. The van der Waals surface area contributed by atoms with Gasteiger partial charge in [-0.15, -0.1) is 0 Å². The van der Waals surface area contributed by atoms with E-state index in [4.69, 9.17) is 25.9 Å². The zero-order chi connectivity index (χ0) is 16.3. The molecule has 1 aromatic carbocycles. The summed E-state index contributed by atoms with van der Waals surface area (Å²) >= 11 is 5.89. The molecule has 1 aromatic heterocycles. The van der Waals surface area contributed by atoms with Crippen molar-refractivity contribution in [1.29, 1.82) is 0 Å². The number of carbonyl (C=O) groups is 1. The highest BCUT2D eigenvalue weighted by molar-refractivity contribution is 7.89. The molecule has 7 nitrogen and oxygen atoms in total. The van der Waals surface area contributed by atoms with Crippen molar-refractivity contribution in [3.63, 3.8) is 0 Å². The van der Waals surface area contributed by atoms with Crippen LogP contribution in [0.5, 0.6) is 5.75 Å². The number of sulfonamides is 1. The number of nitrogens with one attached hydrogen (secondary N) is 1. The van der Waals surface area contributed by atoms with Gasteiger partial charge < -0.3 is 14.3 Å². The zero-order valence-electron chi connectivity index (χ0n) is 11.4. The molecule has 0 radical (unpaired) electrons. The Kier molecular flexibility index (Phi) is 4.74. The SMILES string of the molecule is COc1ccc(S(=O)(=O)NCc2ccc(C(=O)O)o2)cc1Cl. The van der Waals surface area contributed by atoms with Gasteiger partial charge in [0.15, 0.2) is 0 Å². The number of halogens is 1. The second-order valence-electron chi connectivity index (χ2n) is 4.19. The fraction of sp³-hybridized carbons (Fsp3) is 0.154. The molecule has 0 atom stereocenters. The Morgan fingerprint density at radius 2 is 2.09 bits per heavy atom. The van der Waals surface area contributed by atoms with Crippen LogP contribution in [0.2, 0.25) is 5.02 Å². The molecule has 0 aliphatic carbocycles. The molecule has 0 saturated heterocycles. The van der Waals surface area contributed by atoms with E-state index in [-0.39, 0.29) is 28.0 Å². The summed E-state index contributed by atoms with van der Waals surface area (Å²) in [4.78, 5) is 10.6. The van der Waals surface area contributed by atoms with Crippen LogP contribution in [0.1, 0.15) is 16.3 Å². The standard InChI is InChI=1S/C13H12ClNO6S/c1-20-11-5-3-9(6-10(11)14)22(18,19)15-7-8-2-4-12(21-8)13(16)17/h2-6,15H,7H2,1H3,(H,16,17). The van der Waals surface area contributed by atoms with Crippen LogP contribution in [0.3, 0.4) is 0 Å². The molecule has 22 heavy (non-hydrogen) atoms. The summed E-state index contributed by atoms with van der Waals surface area (Å²) in [6.45, 7) is -0.181. The van der Waals surface area contributed by atoms with Gasteiger partial charge in [0.05, 0.1) is 23.6 Å². The quantitative estimate of drug-likeness (QED) is 0.830. The van der Waals surface area contributed by atoms with Crippen LogP contribution in [0.4, 0.5) is 0 Å². The first kappa shape index (κ1) is 16.3. The number of benzene rings is 1. The van der Waals surface area contributed by atoms with Gasteiger partial charge in [0.2, 0.25) is 15.8 Å². The molecule has 0 spiro atoms. The zero-order valence-corrected chi connectivity index (χ0v) is 12.9. The number of carboxylic acids is 1. The van der Waals surface area contributed by atoms with E-state index in [2.05, 4.69) is 4.72 Å². The van der Waals surface area contributed by atoms with Crippen LogP contribution in [-0.4, -0.2) is 26.6 Å². The molecule has 0 aliphatic heterocycles. The van der Waals surface area contributed by atoms with E-state index in [1.807, 2.05) is 0 Å². The third kappa shape index (κ3) is 3.59. The van der Waals surface area contributed by atoms with Gasteiger partial charge in [-0.1, -0.05) is 11.6 Å². The number of hydrogen-bond donors (Lipinski definition) is 2. The molecule has 9 heteroatoms. The monoisotopic (exact) mass is 345 g/mol. The van der Waals surface area contributed by atoms with Crippen molar-refractivity contribution in [3.05, 3.63) is 46.9 Å². The highest BCUT2D eigenvalue weighted by Gasteiger charge is 2.17. The Morgan fingerprint density at radius 3 is 2.64 bits per heavy atom. The maximum atomic E-state index is 12.1. The van der Waals surface area contributed by atoms with Crippen molar-refractivity contribution in [1.82, 2.24) is 4.72 Å². The van der Waals surface area contributed by atoms with E-state index >= 15 is 0 Å². The maximum Gasteiger partial charge on any atom is 0.371 e. The molecular weight excluding hydrogens is 334 g/mol. The van der Waals surface area contributed by atoms with Crippen LogP contribution in [0, 0.1) is 0 Å². The molecule has 2 aromatic rings. The molecular formula is C13H12ClNO6S. The Bertz CT molecular complexity index is 799. The van der Waals surface area contributed by atoms with E-state index in [1.165, 1.54) is 37.4 Å². The van der Waals surface area contributed by atoms with E-state index in [9.17, 15) is 13.2 Å². The second-order valence-corrected chi connectivity index (χ2v) is 6.37. The smallest absolute Gasteiger partial charge is 0.371 e. The van der Waals surface area contributed by atoms with Gasteiger partial charge >= 0.3 is 5.97 Å². The lowest BCUT2D eigenvalue weighted by Gasteiger charge is -2.08. The fourth-order valence-electron chi connectivity index (χ4n) is 1.65.